The van der Waals surface area contributed by atoms with Crippen molar-refractivity contribution in [2.75, 3.05) is 5.73 Å². The molecule has 2 bridgehead atoms. The van der Waals surface area contributed by atoms with Crippen LogP contribution in [0.4, 0.5) is 5.82 Å². The summed E-state index contributed by atoms with van der Waals surface area (Å²) in [4.78, 5) is 9.78. The Kier molecular flexibility index (Phi) is 4.81. The van der Waals surface area contributed by atoms with E-state index in [0.717, 1.165) is 52.1 Å². The molecule has 33 heavy (non-hydrogen) atoms. The second-order valence-electron chi connectivity index (χ2n) is 9.09. The van der Waals surface area contributed by atoms with Crippen LogP contribution in [0.25, 0.3) is 28.0 Å². The Balaban J connectivity index is 1.44. The fraction of sp³-hybridized carbons (Fsp3) is 0.308. The number of nitrogens with zero attached hydrogens (tertiary/aromatic N) is 5. The third kappa shape index (κ3) is 3.43. The van der Waals surface area contributed by atoms with Crippen molar-refractivity contribution in [1.29, 1.82) is 5.26 Å². The number of fused-ring (bicyclic) bond motifs is 3. The lowest BCUT2D eigenvalue weighted by Gasteiger charge is -2.30. The molecular weight excluding hydrogens is 410 g/mol. The molecule has 0 amide bonds. The molecule has 0 spiro atoms. The summed E-state index contributed by atoms with van der Waals surface area (Å²) in [7, 11) is 0. The number of pyridine rings is 1. The third-order valence-corrected chi connectivity index (χ3v) is 7.08. The number of hydrogen-bond acceptors (Lipinski definition) is 6. The highest BCUT2D eigenvalue weighted by atomic mass is 15.3. The van der Waals surface area contributed by atoms with Crippen molar-refractivity contribution in [2.45, 2.75) is 50.1 Å². The number of aromatic nitrogens is 4. The zero-order chi connectivity index (χ0) is 22.4. The fourth-order valence-corrected chi connectivity index (χ4v) is 5.48. The van der Waals surface area contributed by atoms with E-state index in [1.807, 2.05) is 30.5 Å². The van der Waals surface area contributed by atoms with Crippen molar-refractivity contribution in [3.8, 4) is 28.5 Å². The molecule has 4 aromatic rings. The van der Waals surface area contributed by atoms with Gasteiger partial charge in [-0.3, -0.25) is 4.98 Å². The van der Waals surface area contributed by atoms with E-state index in [-0.39, 0.29) is 6.42 Å². The van der Waals surface area contributed by atoms with Gasteiger partial charge in [-0.1, -0.05) is 36.4 Å². The second-order valence-corrected chi connectivity index (χ2v) is 9.09. The van der Waals surface area contributed by atoms with Gasteiger partial charge in [0.25, 0.3) is 0 Å². The Morgan fingerprint density at radius 1 is 1.03 bits per heavy atom. The van der Waals surface area contributed by atoms with Gasteiger partial charge in [0.15, 0.2) is 5.65 Å². The number of anilines is 1. The summed E-state index contributed by atoms with van der Waals surface area (Å²) in [6.45, 7) is 0. The molecular formula is C26H25N7. The average molecular weight is 436 g/mol. The molecule has 2 aliphatic heterocycles. The lowest BCUT2D eigenvalue weighted by molar-refractivity contribution is 0.358. The first-order valence-corrected chi connectivity index (χ1v) is 11.5. The number of nitrogen functional groups attached to an aromatic ring is 1. The van der Waals surface area contributed by atoms with Crippen LogP contribution in [0.2, 0.25) is 0 Å². The number of benzene rings is 1. The maximum absolute atomic E-state index is 9.47. The van der Waals surface area contributed by atoms with E-state index >= 15 is 0 Å². The van der Waals surface area contributed by atoms with E-state index in [0.29, 0.717) is 23.8 Å². The van der Waals surface area contributed by atoms with E-state index in [2.05, 4.69) is 39.7 Å². The Morgan fingerprint density at radius 3 is 2.52 bits per heavy atom. The van der Waals surface area contributed by atoms with Gasteiger partial charge >= 0.3 is 0 Å². The molecule has 164 valence electrons. The highest BCUT2D eigenvalue weighted by molar-refractivity contribution is 5.79. The van der Waals surface area contributed by atoms with Gasteiger partial charge in [-0.2, -0.15) is 14.9 Å². The van der Waals surface area contributed by atoms with E-state index < -0.39 is 0 Å². The summed E-state index contributed by atoms with van der Waals surface area (Å²) < 4.78 is 1.67. The van der Waals surface area contributed by atoms with Crippen molar-refractivity contribution < 1.29 is 0 Å². The van der Waals surface area contributed by atoms with E-state index in [1.165, 1.54) is 12.8 Å². The first-order chi connectivity index (χ1) is 16.2. The highest BCUT2D eigenvalue weighted by Crippen LogP contribution is 2.40. The standard InChI is InChI=1S/C26H25N7/c27-11-10-21-24(18-12-19-7-8-20(13-18)31-19)32-26-22(15-30-33(26)25(21)28)17-6-9-23(29-14-17)16-4-2-1-3-5-16/h1-6,9,14-15,18-20,31H,7-8,10,12-13,28H2/t18?,19-,20?/m1/s1. The van der Waals surface area contributed by atoms with Crippen LogP contribution in [-0.4, -0.2) is 31.7 Å². The topological polar surface area (TPSA) is 105 Å². The second kappa shape index (κ2) is 7.98. The molecule has 3 atom stereocenters. The molecule has 5 heterocycles. The largest absolute Gasteiger partial charge is 0.383 e. The Morgan fingerprint density at radius 2 is 1.82 bits per heavy atom. The Labute approximate surface area is 192 Å². The first kappa shape index (κ1) is 19.9. The summed E-state index contributed by atoms with van der Waals surface area (Å²) in [6, 6.07) is 17.5. The molecule has 7 heteroatoms. The van der Waals surface area contributed by atoms with Gasteiger partial charge in [0.1, 0.15) is 5.82 Å². The van der Waals surface area contributed by atoms with Crippen molar-refractivity contribution in [3.05, 3.63) is 66.1 Å². The summed E-state index contributed by atoms with van der Waals surface area (Å²) in [5, 5.41) is 17.7. The van der Waals surface area contributed by atoms with Gasteiger partial charge in [-0.15, -0.1) is 0 Å². The fourth-order valence-electron chi connectivity index (χ4n) is 5.48. The first-order valence-electron chi connectivity index (χ1n) is 11.5. The number of nitriles is 1. The molecule has 1 aromatic carbocycles. The van der Waals surface area contributed by atoms with Gasteiger partial charge in [-0.25, -0.2) is 4.98 Å². The van der Waals surface area contributed by atoms with Crippen molar-refractivity contribution in [2.24, 2.45) is 0 Å². The minimum Gasteiger partial charge on any atom is -0.383 e. The lowest BCUT2D eigenvalue weighted by atomic mass is 9.86. The van der Waals surface area contributed by atoms with Crippen molar-refractivity contribution >= 4 is 11.5 Å². The lowest BCUT2D eigenvalue weighted by Crippen LogP contribution is -2.37. The van der Waals surface area contributed by atoms with Gasteiger partial charge < -0.3 is 11.1 Å². The number of rotatable bonds is 4. The predicted molar refractivity (Wildman–Crippen MR) is 127 cm³/mol. The summed E-state index contributed by atoms with van der Waals surface area (Å²) >= 11 is 0. The molecule has 0 radical (unpaired) electrons. The summed E-state index contributed by atoms with van der Waals surface area (Å²) in [5.41, 5.74) is 12.9. The highest BCUT2D eigenvalue weighted by Gasteiger charge is 2.36. The molecule has 7 nitrogen and oxygen atoms in total. The van der Waals surface area contributed by atoms with Crippen LogP contribution in [0.5, 0.6) is 0 Å². The van der Waals surface area contributed by atoms with E-state index in [1.54, 1.807) is 10.7 Å². The quantitative estimate of drug-likeness (QED) is 0.500. The van der Waals surface area contributed by atoms with Crippen LogP contribution in [-0.2, 0) is 6.42 Å². The van der Waals surface area contributed by atoms with E-state index in [4.69, 9.17) is 10.7 Å². The minimum absolute atomic E-state index is 0.242. The number of hydrogen-bond donors (Lipinski definition) is 2. The molecule has 0 aliphatic carbocycles. The van der Waals surface area contributed by atoms with Crippen molar-refractivity contribution in [1.82, 2.24) is 24.9 Å². The van der Waals surface area contributed by atoms with Gasteiger partial charge in [0.2, 0.25) is 0 Å². The van der Waals surface area contributed by atoms with Gasteiger partial charge in [-0.05, 0) is 31.7 Å². The zero-order valence-electron chi connectivity index (χ0n) is 18.3. The zero-order valence-corrected chi connectivity index (χ0v) is 18.3. The number of piperidine rings is 1. The summed E-state index contributed by atoms with van der Waals surface area (Å²) in [6.07, 6.45) is 8.40. The minimum atomic E-state index is 0.242. The summed E-state index contributed by atoms with van der Waals surface area (Å²) in [5.74, 6) is 0.822. The van der Waals surface area contributed by atoms with Crippen LogP contribution >= 0.6 is 0 Å². The Bertz CT molecular complexity index is 1340. The monoisotopic (exact) mass is 435 g/mol. The molecule has 6 rings (SSSR count). The van der Waals surface area contributed by atoms with Crippen LogP contribution < -0.4 is 11.1 Å². The molecule has 2 unspecified atom stereocenters. The van der Waals surface area contributed by atoms with Crippen LogP contribution in [0.15, 0.2) is 54.9 Å². The third-order valence-electron chi connectivity index (χ3n) is 7.08. The smallest absolute Gasteiger partial charge is 0.165 e. The number of nitrogens with one attached hydrogen (secondary N) is 1. The molecule has 2 aliphatic rings. The predicted octanol–water partition coefficient (Wildman–Crippen LogP) is 4.10. The molecule has 0 saturated carbocycles. The van der Waals surface area contributed by atoms with E-state index in [9.17, 15) is 5.26 Å². The number of nitrogens with two attached hydrogens (primary N) is 1. The van der Waals surface area contributed by atoms with Crippen LogP contribution in [0, 0.1) is 11.3 Å². The van der Waals surface area contributed by atoms with Crippen molar-refractivity contribution in [3.63, 3.8) is 0 Å². The normalized spacial score (nSPS) is 21.8. The van der Waals surface area contributed by atoms with Crippen LogP contribution in [0.3, 0.4) is 0 Å². The molecule has 2 fully saturated rings. The molecule has 3 aromatic heterocycles. The maximum Gasteiger partial charge on any atom is 0.165 e. The van der Waals surface area contributed by atoms with Crippen LogP contribution in [0.1, 0.15) is 42.9 Å². The average Bonchev–Trinajstić information content (AvgIpc) is 3.44. The maximum atomic E-state index is 9.47. The molecule has 3 N–H and O–H groups in total. The molecule has 2 saturated heterocycles. The van der Waals surface area contributed by atoms with Gasteiger partial charge in [0, 0.05) is 46.5 Å². The SMILES string of the molecule is N#CCc1c(C2CC3CC[C@H](C2)N3)nc2c(-c3ccc(-c4ccccc4)nc3)cnn2c1N. The Hall–Kier alpha value is -3.76. The van der Waals surface area contributed by atoms with Gasteiger partial charge in [0.05, 0.1) is 30.1 Å².